The van der Waals surface area contributed by atoms with E-state index in [-0.39, 0.29) is 23.3 Å². The highest BCUT2D eigenvalue weighted by Gasteiger charge is 2.33. The summed E-state index contributed by atoms with van der Waals surface area (Å²) in [5, 5.41) is 9.77. The lowest BCUT2D eigenvalue weighted by Gasteiger charge is -2.29. The largest absolute Gasteiger partial charge is 0.426 e. The van der Waals surface area contributed by atoms with Gasteiger partial charge in [0.15, 0.2) is 0 Å². The molecule has 0 unspecified atom stereocenters. The number of hydroxylamine groups is 2. The lowest BCUT2D eigenvalue weighted by atomic mass is 9.78. The van der Waals surface area contributed by atoms with Crippen molar-refractivity contribution in [3.63, 3.8) is 0 Å². The second kappa shape index (κ2) is 8.22. The molecule has 0 radical (unpaired) electrons. The zero-order chi connectivity index (χ0) is 23.0. The Morgan fingerprint density at radius 3 is 2.00 bits per heavy atom. The topological polar surface area (TPSA) is 87.2 Å². The van der Waals surface area contributed by atoms with Crippen LogP contribution >= 0.6 is 0 Å². The van der Waals surface area contributed by atoms with Crippen molar-refractivity contribution in [3.8, 4) is 5.75 Å². The van der Waals surface area contributed by atoms with E-state index in [0.717, 1.165) is 21.6 Å². The third-order valence-electron chi connectivity index (χ3n) is 4.95. The SMILES string of the molecule is CC(=O)Oc1c(C(C)(C)C)cc(/C=C2/CCN(C(=O)N(C)O)C2=O)cc1C(C)(C)C. The van der Waals surface area contributed by atoms with Gasteiger partial charge in [-0.25, -0.2) is 9.86 Å². The van der Waals surface area contributed by atoms with Crippen LogP contribution in [0, 0.1) is 0 Å². The van der Waals surface area contributed by atoms with E-state index in [1.165, 1.54) is 14.0 Å². The zero-order valence-electron chi connectivity index (χ0n) is 19.1. The van der Waals surface area contributed by atoms with Gasteiger partial charge in [-0.05, 0) is 41.0 Å². The molecular formula is C23H32N2O5. The average molecular weight is 417 g/mol. The summed E-state index contributed by atoms with van der Waals surface area (Å²) < 4.78 is 5.64. The van der Waals surface area contributed by atoms with Gasteiger partial charge < -0.3 is 4.74 Å². The van der Waals surface area contributed by atoms with Gasteiger partial charge in [-0.15, -0.1) is 0 Å². The van der Waals surface area contributed by atoms with Gasteiger partial charge in [0, 0.05) is 37.2 Å². The van der Waals surface area contributed by atoms with Crippen molar-refractivity contribution in [1.82, 2.24) is 9.96 Å². The van der Waals surface area contributed by atoms with E-state index < -0.39 is 11.9 Å². The Hall–Kier alpha value is -2.67. The smallest absolute Gasteiger partial charge is 0.350 e. The van der Waals surface area contributed by atoms with Crippen LogP contribution in [0.1, 0.15) is 71.6 Å². The van der Waals surface area contributed by atoms with Crippen molar-refractivity contribution in [2.24, 2.45) is 0 Å². The van der Waals surface area contributed by atoms with Crippen LogP contribution in [0.15, 0.2) is 17.7 Å². The zero-order valence-corrected chi connectivity index (χ0v) is 19.1. The van der Waals surface area contributed by atoms with Gasteiger partial charge >= 0.3 is 12.0 Å². The van der Waals surface area contributed by atoms with Crippen LogP contribution < -0.4 is 4.74 Å². The van der Waals surface area contributed by atoms with E-state index in [1.54, 1.807) is 6.08 Å². The van der Waals surface area contributed by atoms with Crippen LogP contribution in [0.4, 0.5) is 4.79 Å². The molecule has 7 heteroatoms. The number of benzene rings is 1. The molecule has 2 rings (SSSR count). The summed E-state index contributed by atoms with van der Waals surface area (Å²) in [7, 11) is 1.19. The minimum Gasteiger partial charge on any atom is -0.426 e. The molecular weight excluding hydrogens is 384 g/mol. The summed E-state index contributed by atoms with van der Waals surface area (Å²) in [4.78, 5) is 37.5. The predicted molar refractivity (Wildman–Crippen MR) is 114 cm³/mol. The molecule has 1 aromatic rings. The van der Waals surface area contributed by atoms with Crippen molar-refractivity contribution in [3.05, 3.63) is 34.4 Å². The first kappa shape index (κ1) is 23.6. The summed E-state index contributed by atoms with van der Waals surface area (Å²) >= 11 is 0. The molecule has 1 aromatic carbocycles. The third kappa shape index (κ3) is 5.08. The van der Waals surface area contributed by atoms with Crippen LogP contribution in [0.25, 0.3) is 6.08 Å². The Morgan fingerprint density at radius 2 is 1.60 bits per heavy atom. The molecule has 0 bridgehead atoms. The summed E-state index contributed by atoms with van der Waals surface area (Å²) in [6.07, 6.45) is 2.18. The Bertz CT molecular complexity index is 866. The number of nitrogens with zero attached hydrogens (tertiary/aromatic N) is 2. The molecule has 0 spiro atoms. The molecule has 0 atom stereocenters. The van der Waals surface area contributed by atoms with E-state index >= 15 is 0 Å². The maximum atomic E-state index is 12.7. The number of carbonyl (C=O) groups is 3. The van der Waals surface area contributed by atoms with Crippen LogP contribution in [0.3, 0.4) is 0 Å². The molecule has 1 fully saturated rings. The highest BCUT2D eigenvalue weighted by Crippen LogP contribution is 2.41. The normalized spacial score (nSPS) is 16.2. The first-order chi connectivity index (χ1) is 13.6. The number of hydrogen-bond donors (Lipinski definition) is 1. The number of esters is 1. The van der Waals surface area contributed by atoms with Gasteiger partial charge in [-0.3, -0.25) is 19.7 Å². The number of amides is 3. The van der Waals surface area contributed by atoms with E-state index in [2.05, 4.69) is 0 Å². The molecule has 1 saturated heterocycles. The highest BCUT2D eigenvalue weighted by molar-refractivity contribution is 6.08. The molecule has 7 nitrogen and oxygen atoms in total. The van der Waals surface area contributed by atoms with Gasteiger partial charge in [-0.1, -0.05) is 41.5 Å². The Morgan fingerprint density at radius 1 is 1.10 bits per heavy atom. The van der Waals surface area contributed by atoms with Gasteiger partial charge in [0.2, 0.25) is 0 Å². The van der Waals surface area contributed by atoms with Crippen LogP contribution in [-0.4, -0.2) is 46.7 Å². The van der Waals surface area contributed by atoms with Crippen molar-refractivity contribution in [2.45, 2.75) is 65.7 Å². The van der Waals surface area contributed by atoms with Crippen molar-refractivity contribution >= 4 is 24.0 Å². The van der Waals surface area contributed by atoms with E-state index in [1.807, 2.05) is 53.7 Å². The van der Waals surface area contributed by atoms with Gasteiger partial charge in [0.1, 0.15) is 5.75 Å². The van der Waals surface area contributed by atoms with Crippen LogP contribution in [0.5, 0.6) is 5.75 Å². The molecule has 1 N–H and O–H groups in total. The fourth-order valence-corrected chi connectivity index (χ4v) is 3.41. The lowest BCUT2D eigenvalue weighted by Crippen LogP contribution is -2.40. The molecule has 30 heavy (non-hydrogen) atoms. The van der Waals surface area contributed by atoms with E-state index in [4.69, 9.17) is 4.74 Å². The number of rotatable bonds is 2. The number of likely N-dealkylation sites (tertiary alicyclic amines) is 1. The minimum atomic E-state index is -0.751. The fourth-order valence-electron chi connectivity index (χ4n) is 3.41. The monoisotopic (exact) mass is 416 g/mol. The summed E-state index contributed by atoms with van der Waals surface area (Å²) in [6, 6.07) is 3.10. The summed E-state index contributed by atoms with van der Waals surface area (Å²) in [6.45, 7) is 13.8. The molecule has 0 aromatic heterocycles. The number of urea groups is 1. The summed E-state index contributed by atoms with van der Waals surface area (Å²) in [5.74, 6) is -0.244. The number of hydrogen-bond acceptors (Lipinski definition) is 5. The Balaban J connectivity index is 2.62. The molecule has 0 aliphatic carbocycles. The van der Waals surface area contributed by atoms with Crippen molar-refractivity contribution in [1.29, 1.82) is 0 Å². The number of carbonyl (C=O) groups excluding carboxylic acids is 3. The maximum Gasteiger partial charge on any atom is 0.350 e. The quantitative estimate of drug-likeness (QED) is 0.256. The van der Waals surface area contributed by atoms with Crippen LogP contribution in [0.2, 0.25) is 0 Å². The molecule has 3 amide bonds. The summed E-state index contributed by atoms with van der Waals surface area (Å²) in [5.41, 5.74) is 2.41. The van der Waals surface area contributed by atoms with Crippen molar-refractivity contribution < 1.29 is 24.3 Å². The maximum absolute atomic E-state index is 12.7. The van der Waals surface area contributed by atoms with Crippen molar-refractivity contribution in [2.75, 3.05) is 13.6 Å². The second-order valence-corrected chi connectivity index (χ2v) is 9.72. The Kier molecular flexibility index (Phi) is 6.47. The standard InChI is InChI=1S/C23H32N2O5/c1-14(26)30-19-17(22(2,3)4)12-15(13-18(19)23(5,6)7)11-16-9-10-25(20(16)27)21(28)24(8)29/h11-13,29H,9-10H2,1-8H3/b16-11-. The highest BCUT2D eigenvalue weighted by atomic mass is 16.5. The molecule has 1 aliphatic rings. The average Bonchev–Trinajstić information content (AvgIpc) is 2.93. The molecule has 1 heterocycles. The number of imide groups is 1. The minimum absolute atomic E-state index is 0.220. The lowest BCUT2D eigenvalue weighted by molar-refractivity contribution is -0.132. The third-order valence-corrected chi connectivity index (χ3v) is 4.95. The molecule has 0 saturated carbocycles. The Labute approximate surface area is 178 Å². The van der Waals surface area contributed by atoms with Gasteiger partial charge in [0.25, 0.3) is 5.91 Å². The molecule has 164 valence electrons. The predicted octanol–water partition coefficient (Wildman–Crippen LogP) is 4.26. The number of ether oxygens (including phenoxy) is 1. The first-order valence-corrected chi connectivity index (χ1v) is 9.99. The van der Waals surface area contributed by atoms with Gasteiger partial charge in [-0.2, -0.15) is 0 Å². The van der Waals surface area contributed by atoms with Crippen LogP contribution in [-0.2, 0) is 20.4 Å². The van der Waals surface area contributed by atoms with E-state index in [0.29, 0.717) is 22.8 Å². The fraction of sp³-hybridized carbons (Fsp3) is 0.522. The second-order valence-electron chi connectivity index (χ2n) is 9.72. The molecule has 1 aliphatic heterocycles. The van der Waals surface area contributed by atoms with E-state index in [9.17, 15) is 19.6 Å². The first-order valence-electron chi connectivity index (χ1n) is 9.99. The van der Waals surface area contributed by atoms with Gasteiger partial charge in [0.05, 0.1) is 0 Å².